The molecule has 2 aromatic carbocycles. The zero-order valence-corrected chi connectivity index (χ0v) is 20.0. The number of amides is 1. The normalized spacial score (nSPS) is 17.8. The van der Waals surface area contributed by atoms with Gasteiger partial charge in [0.1, 0.15) is 5.82 Å². The van der Waals surface area contributed by atoms with Crippen LogP contribution < -0.4 is 10.9 Å². The van der Waals surface area contributed by atoms with Crippen molar-refractivity contribution in [1.29, 1.82) is 0 Å². The molecule has 2 aliphatic rings. The predicted molar refractivity (Wildman–Crippen MR) is 133 cm³/mol. The number of rotatable bonds is 5. The van der Waals surface area contributed by atoms with Crippen molar-refractivity contribution in [2.75, 3.05) is 5.32 Å². The number of halogens is 1. The van der Waals surface area contributed by atoms with Crippen LogP contribution in [0, 0.1) is 11.2 Å². The summed E-state index contributed by atoms with van der Waals surface area (Å²) in [5, 5.41) is 11.3. The van der Waals surface area contributed by atoms with Gasteiger partial charge in [-0.05, 0) is 35.6 Å². The van der Waals surface area contributed by atoms with Gasteiger partial charge in [-0.1, -0.05) is 38.1 Å². The second-order valence-corrected chi connectivity index (χ2v) is 10.3. The van der Waals surface area contributed by atoms with Crippen LogP contribution in [0.2, 0.25) is 0 Å². The van der Waals surface area contributed by atoms with Crippen LogP contribution in [0.15, 0.2) is 53.5 Å². The van der Waals surface area contributed by atoms with Gasteiger partial charge in [0.25, 0.3) is 11.5 Å². The molecule has 182 valence electrons. The minimum Gasteiger partial charge on any atom is -0.351 e. The fourth-order valence-corrected chi connectivity index (χ4v) is 4.75. The van der Waals surface area contributed by atoms with Crippen molar-refractivity contribution in [3.8, 4) is 0 Å². The molecule has 1 atom stereocenters. The molecule has 1 amide bonds. The first-order valence-electron chi connectivity index (χ1n) is 11.9. The van der Waals surface area contributed by atoms with E-state index < -0.39 is 11.7 Å². The standard InChI is InChI=1S/C27H25FN6O2/c1-27(2)11-23(27)31-26-29-12-16-13-34(14-22(16)30-26)25(36)19-9-15(7-8-20(19)28)10-21-17-5-3-4-6-18(17)24(35)33-32-21/h3-9,12,23H,10-11,13-14H2,1-2H3,(H,33,35)(H,29,30,31). The molecule has 2 N–H and O–H groups in total. The second-order valence-electron chi connectivity index (χ2n) is 10.3. The lowest BCUT2D eigenvalue weighted by atomic mass is 10.0. The first-order chi connectivity index (χ1) is 17.3. The number of hydrogen-bond acceptors (Lipinski definition) is 6. The number of nitrogens with one attached hydrogen (secondary N) is 2. The molecule has 36 heavy (non-hydrogen) atoms. The summed E-state index contributed by atoms with van der Waals surface area (Å²) >= 11 is 0. The molecule has 9 heteroatoms. The first kappa shape index (κ1) is 22.3. The van der Waals surface area contributed by atoms with Crippen LogP contribution in [-0.2, 0) is 19.5 Å². The number of carbonyl (C=O) groups is 1. The van der Waals surface area contributed by atoms with Crippen molar-refractivity contribution < 1.29 is 9.18 Å². The molecule has 0 saturated heterocycles. The van der Waals surface area contributed by atoms with Gasteiger partial charge >= 0.3 is 0 Å². The average Bonchev–Trinajstić information content (AvgIpc) is 3.25. The zero-order valence-electron chi connectivity index (χ0n) is 20.0. The Kier molecular flexibility index (Phi) is 5.10. The average molecular weight is 485 g/mol. The molecule has 3 heterocycles. The smallest absolute Gasteiger partial charge is 0.272 e. The van der Waals surface area contributed by atoms with Crippen molar-refractivity contribution >= 4 is 22.6 Å². The zero-order chi connectivity index (χ0) is 25.0. The van der Waals surface area contributed by atoms with E-state index in [0.29, 0.717) is 42.6 Å². The lowest BCUT2D eigenvalue weighted by Gasteiger charge is -2.16. The Morgan fingerprint density at radius 3 is 2.75 bits per heavy atom. The molecule has 8 nitrogen and oxygen atoms in total. The monoisotopic (exact) mass is 484 g/mol. The Hall–Kier alpha value is -4.14. The summed E-state index contributed by atoms with van der Waals surface area (Å²) in [5.74, 6) is -0.416. The summed E-state index contributed by atoms with van der Waals surface area (Å²) in [5.41, 5.74) is 2.99. The summed E-state index contributed by atoms with van der Waals surface area (Å²) in [7, 11) is 0. The van der Waals surface area contributed by atoms with Crippen molar-refractivity contribution in [1.82, 2.24) is 25.1 Å². The molecule has 1 unspecified atom stereocenters. The minimum absolute atomic E-state index is 0.0000685. The number of benzene rings is 2. The summed E-state index contributed by atoms with van der Waals surface area (Å²) in [6, 6.07) is 12.1. The van der Waals surface area contributed by atoms with E-state index in [1.54, 1.807) is 35.4 Å². The van der Waals surface area contributed by atoms with E-state index in [0.717, 1.165) is 28.6 Å². The number of nitrogens with zero attached hydrogens (tertiary/aromatic N) is 4. The number of H-pyrrole nitrogens is 1. The van der Waals surface area contributed by atoms with E-state index >= 15 is 0 Å². The van der Waals surface area contributed by atoms with Crippen LogP contribution >= 0.6 is 0 Å². The Bertz CT molecular complexity index is 1580. The lowest BCUT2D eigenvalue weighted by Crippen LogP contribution is -2.26. The highest BCUT2D eigenvalue weighted by Gasteiger charge is 2.46. The molecule has 4 aromatic rings. The quantitative estimate of drug-likeness (QED) is 0.447. The number of fused-ring (bicyclic) bond motifs is 2. The number of aromatic amines is 1. The molecule has 0 spiro atoms. The highest BCUT2D eigenvalue weighted by molar-refractivity contribution is 5.95. The van der Waals surface area contributed by atoms with E-state index in [1.807, 2.05) is 12.1 Å². The SMILES string of the molecule is CC1(C)CC1Nc1ncc2c(n1)CN(C(=O)c1cc(Cc3n[nH]c(=O)c4ccccc34)ccc1F)C2. The Balaban J connectivity index is 1.22. The topological polar surface area (TPSA) is 104 Å². The largest absolute Gasteiger partial charge is 0.351 e. The molecule has 1 fully saturated rings. The van der Waals surface area contributed by atoms with Crippen LogP contribution in [0.4, 0.5) is 10.3 Å². The molecule has 0 bridgehead atoms. The third-order valence-corrected chi connectivity index (χ3v) is 7.17. The summed E-state index contributed by atoms with van der Waals surface area (Å²) in [6.07, 6.45) is 3.15. The van der Waals surface area contributed by atoms with Gasteiger partial charge in [0.2, 0.25) is 5.95 Å². The van der Waals surface area contributed by atoms with Crippen molar-refractivity contribution in [3.63, 3.8) is 0 Å². The van der Waals surface area contributed by atoms with Gasteiger partial charge in [-0.15, -0.1) is 0 Å². The van der Waals surface area contributed by atoms with Crippen molar-refractivity contribution in [2.45, 2.75) is 45.8 Å². The Labute approximate surface area is 206 Å². The fraction of sp³-hybridized carbons (Fsp3) is 0.296. The summed E-state index contributed by atoms with van der Waals surface area (Å²) in [4.78, 5) is 36.0. The van der Waals surface area contributed by atoms with E-state index in [1.165, 1.54) is 6.07 Å². The van der Waals surface area contributed by atoms with Crippen LogP contribution in [-0.4, -0.2) is 37.0 Å². The van der Waals surface area contributed by atoms with Crippen LogP contribution in [0.3, 0.4) is 0 Å². The highest BCUT2D eigenvalue weighted by Crippen LogP contribution is 2.46. The molecule has 1 saturated carbocycles. The number of carbonyl (C=O) groups excluding carboxylic acids is 1. The van der Waals surface area contributed by atoms with E-state index in [4.69, 9.17) is 0 Å². The van der Waals surface area contributed by atoms with Gasteiger partial charge < -0.3 is 10.2 Å². The maximum absolute atomic E-state index is 14.8. The molecule has 1 aliphatic heterocycles. The van der Waals surface area contributed by atoms with E-state index in [2.05, 4.69) is 39.3 Å². The van der Waals surface area contributed by atoms with Crippen LogP contribution in [0.1, 0.15) is 53.1 Å². The summed E-state index contributed by atoms with van der Waals surface area (Å²) in [6.45, 7) is 5.02. The molecule has 6 rings (SSSR count). The number of hydrogen-bond donors (Lipinski definition) is 2. The lowest BCUT2D eigenvalue weighted by molar-refractivity contribution is 0.0745. The van der Waals surface area contributed by atoms with Crippen LogP contribution in [0.25, 0.3) is 10.8 Å². The first-order valence-corrected chi connectivity index (χ1v) is 11.9. The highest BCUT2D eigenvalue weighted by atomic mass is 19.1. The maximum Gasteiger partial charge on any atom is 0.272 e. The Morgan fingerprint density at radius 2 is 1.97 bits per heavy atom. The minimum atomic E-state index is -0.580. The van der Waals surface area contributed by atoms with E-state index in [9.17, 15) is 14.0 Å². The van der Waals surface area contributed by atoms with Crippen LogP contribution in [0.5, 0.6) is 0 Å². The van der Waals surface area contributed by atoms with E-state index in [-0.39, 0.29) is 16.5 Å². The van der Waals surface area contributed by atoms with Gasteiger partial charge in [0.05, 0.1) is 28.9 Å². The number of anilines is 1. The van der Waals surface area contributed by atoms with Gasteiger partial charge in [0, 0.05) is 36.2 Å². The van der Waals surface area contributed by atoms with Crippen molar-refractivity contribution in [2.24, 2.45) is 5.41 Å². The molecule has 2 aromatic heterocycles. The summed E-state index contributed by atoms with van der Waals surface area (Å²) < 4.78 is 14.8. The molecule has 0 radical (unpaired) electrons. The molecule has 1 aliphatic carbocycles. The molecular weight excluding hydrogens is 459 g/mol. The van der Waals surface area contributed by atoms with Gasteiger partial charge in [-0.3, -0.25) is 9.59 Å². The maximum atomic E-state index is 14.8. The third kappa shape index (κ3) is 4.00. The molecular formula is C27H25FN6O2. The van der Waals surface area contributed by atoms with Gasteiger partial charge in [-0.25, -0.2) is 19.5 Å². The van der Waals surface area contributed by atoms with Gasteiger partial charge in [-0.2, -0.15) is 5.10 Å². The van der Waals surface area contributed by atoms with Gasteiger partial charge in [0.15, 0.2) is 0 Å². The second kappa shape index (κ2) is 8.22. The third-order valence-electron chi connectivity index (χ3n) is 7.17. The fourth-order valence-electron chi connectivity index (χ4n) is 4.75. The Morgan fingerprint density at radius 1 is 1.19 bits per heavy atom. The van der Waals surface area contributed by atoms with Crippen molar-refractivity contribution in [3.05, 3.63) is 92.9 Å². The number of aromatic nitrogens is 4. The predicted octanol–water partition coefficient (Wildman–Crippen LogP) is 3.81.